The number of hydrogen-bond acceptors (Lipinski definition) is 1. The van der Waals surface area contributed by atoms with Gasteiger partial charge in [0.25, 0.3) is 0 Å². The number of carbonyl (C=O) groups excluding carboxylic acids is 1. The molecule has 0 radical (unpaired) electrons. The van der Waals surface area contributed by atoms with Crippen LogP contribution >= 0.6 is 0 Å². The molecule has 0 N–H and O–H groups in total. The minimum absolute atomic E-state index is 0.280. The predicted molar refractivity (Wildman–Crippen MR) is 48.9 cm³/mol. The van der Waals surface area contributed by atoms with E-state index in [1.807, 2.05) is 0 Å². The van der Waals surface area contributed by atoms with Crippen molar-refractivity contribution in [2.45, 2.75) is 46.5 Å². The first-order valence-electron chi connectivity index (χ1n) is 4.96. The van der Waals surface area contributed by atoms with Crippen molar-refractivity contribution in [3.8, 4) is 0 Å². The van der Waals surface area contributed by atoms with Crippen LogP contribution in [0.15, 0.2) is 0 Å². The second-order valence-electron chi connectivity index (χ2n) is 5.71. The zero-order valence-corrected chi connectivity index (χ0v) is 8.31. The molecule has 0 aromatic carbocycles. The Hall–Kier alpha value is -0.330. The SMILES string of the molecule is CC12CCC(C(=O)C1)C(C)(C)C2. The molecular formula is C11H18O. The molecule has 2 atom stereocenters. The standard InChI is InChI=1S/C11H18O/c1-10(2)7-11(3)5-4-8(10)9(12)6-11/h8H,4-7H2,1-3H3. The number of Topliss-reactive ketones (excluding diaryl/α,β-unsaturated/α-hetero) is 1. The molecule has 68 valence electrons. The monoisotopic (exact) mass is 166 g/mol. The maximum atomic E-state index is 11.7. The van der Waals surface area contributed by atoms with E-state index in [-0.39, 0.29) is 5.41 Å². The van der Waals surface area contributed by atoms with Crippen molar-refractivity contribution in [3.63, 3.8) is 0 Å². The van der Waals surface area contributed by atoms with E-state index in [1.165, 1.54) is 12.8 Å². The number of rotatable bonds is 0. The lowest BCUT2D eigenvalue weighted by Gasteiger charge is -2.52. The first kappa shape index (κ1) is 8.28. The largest absolute Gasteiger partial charge is 0.299 e. The van der Waals surface area contributed by atoms with Crippen LogP contribution in [0.1, 0.15) is 46.5 Å². The van der Waals surface area contributed by atoms with E-state index in [0.717, 1.165) is 12.8 Å². The molecule has 0 aromatic heterocycles. The summed E-state index contributed by atoms with van der Waals surface area (Å²) < 4.78 is 0. The third kappa shape index (κ3) is 1.02. The smallest absolute Gasteiger partial charge is 0.137 e. The van der Waals surface area contributed by atoms with Gasteiger partial charge in [0.15, 0.2) is 0 Å². The number of ketones is 1. The highest BCUT2D eigenvalue weighted by molar-refractivity contribution is 5.84. The molecule has 3 aliphatic carbocycles. The van der Waals surface area contributed by atoms with Gasteiger partial charge in [-0.3, -0.25) is 4.79 Å². The summed E-state index contributed by atoms with van der Waals surface area (Å²) in [5.41, 5.74) is 0.623. The fourth-order valence-electron chi connectivity index (χ4n) is 3.49. The highest BCUT2D eigenvalue weighted by Gasteiger charge is 2.51. The van der Waals surface area contributed by atoms with Gasteiger partial charge in [-0.1, -0.05) is 20.8 Å². The van der Waals surface area contributed by atoms with Crippen LogP contribution in [0, 0.1) is 16.7 Å². The topological polar surface area (TPSA) is 17.1 Å². The number of hydrogen-bond donors (Lipinski definition) is 0. The summed E-state index contributed by atoms with van der Waals surface area (Å²) in [6.07, 6.45) is 4.51. The summed E-state index contributed by atoms with van der Waals surface area (Å²) in [6, 6.07) is 0. The molecular weight excluding hydrogens is 148 g/mol. The van der Waals surface area contributed by atoms with E-state index < -0.39 is 0 Å². The summed E-state index contributed by atoms with van der Waals surface area (Å²) in [4.78, 5) is 11.7. The average Bonchev–Trinajstić information content (AvgIpc) is 1.80. The molecule has 3 fully saturated rings. The van der Waals surface area contributed by atoms with Crippen LogP contribution in [-0.4, -0.2) is 5.78 Å². The van der Waals surface area contributed by atoms with Crippen molar-refractivity contribution >= 4 is 5.78 Å². The number of carbonyl (C=O) groups is 1. The molecule has 1 nitrogen and oxygen atoms in total. The van der Waals surface area contributed by atoms with E-state index in [1.54, 1.807) is 0 Å². The molecule has 0 aromatic rings. The van der Waals surface area contributed by atoms with Gasteiger partial charge in [-0.25, -0.2) is 0 Å². The number of fused-ring (bicyclic) bond motifs is 3. The Morgan fingerprint density at radius 3 is 2.42 bits per heavy atom. The van der Waals surface area contributed by atoms with Crippen molar-refractivity contribution in [1.82, 2.24) is 0 Å². The minimum atomic E-state index is 0.280. The quantitative estimate of drug-likeness (QED) is 0.541. The van der Waals surface area contributed by atoms with Gasteiger partial charge in [0, 0.05) is 12.3 Å². The lowest BCUT2D eigenvalue weighted by atomic mass is 9.51. The van der Waals surface area contributed by atoms with E-state index in [2.05, 4.69) is 20.8 Å². The molecule has 0 saturated heterocycles. The van der Waals surface area contributed by atoms with Crippen LogP contribution < -0.4 is 0 Å². The maximum absolute atomic E-state index is 11.7. The van der Waals surface area contributed by atoms with Crippen LogP contribution in [0.3, 0.4) is 0 Å². The third-order valence-corrected chi connectivity index (χ3v) is 3.85. The zero-order valence-electron chi connectivity index (χ0n) is 8.31. The minimum Gasteiger partial charge on any atom is -0.299 e. The maximum Gasteiger partial charge on any atom is 0.137 e. The van der Waals surface area contributed by atoms with Crippen LogP contribution in [0.5, 0.6) is 0 Å². The van der Waals surface area contributed by atoms with Gasteiger partial charge in [0.1, 0.15) is 5.78 Å². The Kier molecular flexibility index (Phi) is 1.47. The average molecular weight is 166 g/mol. The lowest BCUT2D eigenvalue weighted by molar-refractivity contribution is -0.142. The zero-order chi connectivity index (χ0) is 8.98. The molecule has 0 amide bonds. The van der Waals surface area contributed by atoms with Gasteiger partial charge >= 0.3 is 0 Å². The van der Waals surface area contributed by atoms with Crippen molar-refractivity contribution in [3.05, 3.63) is 0 Å². The molecule has 0 aliphatic heterocycles. The molecule has 3 rings (SSSR count). The molecule has 2 bridgehead atoms. The van der Waals surface area contributed by atoms with Crippen molar-refractivity contribution in [2.24, 2.45) is 16.7 Å². The second-order valence-corrected chi connectivity index (χ2v) is 5.71. The molecule has 12 heavy (non-hydrogen) atoms. The summed E-state index contributed by atoms with van der Waals surface area (Å²) in [6.45, 7) is 6.79. The van der Waals surface area contributed by atoms with Crippen LogP contribution in [0.25, 0.3) is 0 Å². The Bertz CT molecular complexity index is 226. The molecule has 2 unspecified atom stereocenters. The van der Waals surface area contributed by atoms with E-state index in [4.69, 9.17) is 0 Å². The Labute approximate surface area is 74.5 Å². The van der Waals surface area contributed by atoms with Gasteiger partial charge in [0.05, 0.1) is 0 Å². The fraction of sp³-hybridized carbons (Fsp3) is 0.909. The van der Waals surface area contributed by atoms with E-state index >= 15 is 0 Å². The van der Waals surface area contributed by atoms with Crippen LogP contribution in [0.4, 0.5) is 0 Å². The van der Waals surface area contributed by atoms with Gasteiger partial charge in [-0.05, 0) is 30.1 Å². The van der Waals surface area contributed by atoms with Crippen molar-refractivity contribution in [1.29, 1.82) is 0 Å². The molecule has 3 saturated carbocycles. The Morgan fingerprint density at radius 1 is 1.33 bits per heavy atom. The summed E-state index contributed by atoms with van der Waals surface area (Å²) in [7, 11) is 0. The molecule has 0 spiro atoms. The van der Waals surface area contributed by atoms with E-state index in [9.17, 15) is 4.79 Å². The molecule has 0 heterocycles. The first-order chi connectivity index (χ1) is 5.43. The highest BCUT2D eigenvalue weighted by atomic mass is 16.1. The fourth-order valence-corrected chi connectivity index (χ4v) is 3.49. The Balaban J connectivity index is 2.34. The predicted octanol–water partition coefficient (Wildman–Crippen LogP) is 2.79. The van der Waals surface area contributed by atoms with Gasteiger partial charge < -0.3 is 0 Å². The summed E-state index contributed by atoms with van der Waals surface area (Å²) >= 11 is 0. The van der Waals surface area contributed by atoms with E-state index in [0.29, 0.717) is 17.1 Å². The van der Waals surface area contributed by atoms with Crippen molar-refractivity contribution in [2.75, 3.05) is 0 Å². The van der Waals surface area contributed by atoms with Crippen LogP contribution in [-0.2, 0) is 4.79 Å². The second kappa shape index (κ2) is 2.12. The normalized spacial score (nSPS) is 44.9. The van der Waals surface area contributed by atoms with Crippen LogP contribution in [0.2, 0.25) is 0 Å². The van der Waals surface area contributed by atoms with Gasteiger partial charge in [-0.15, -0.1) is 0 Å². The van der Waals surface area contributed by atoms with Crippen molar-refractivity contribution < 1.29 is 4.79 Å². The third-order valence-electron chi connectivity index (χ3n) is 3.85. The molecule has 3 aliphatic rings. The molecule has 1 heteroatoms. The summed E-state index contributed by atoms with van der Waals surface area (Å²) in [5.74, 6) is 0.902. The summed E-state index contributed by atoms with van der Waals surface area (Å²) in [5, 5.41) is 0. The lowest BCUT2D eigenvalue weighted by Crippen LogP contribution is -2.48. The van der Waals surface area contributed by atoms with Gasteiger partial charge in [0.2, 0.25) is 0 Å². The Morgan fingerprint density at radius 2 is 2.00 bits per heavy atom. The highest BCUT2D eigenvalue weighted by Crippen LogP contribution is 2.56. The van der Waals surface area contributed by atoms with Gasteiger partial charge in [-0.2, -0.15) is 0 Å². The first-order valence-corrected chi connectivity index (χ1v) is 4.96.